The van der Waals surface area contributed by atoms with Crippen LogP contribution in [0.5, 0.6) is 0 Å². The summed E-state index contributed by atoms with van der Waals surface area (Å²) in [5.74, 6) is 0.453. The molecule has 0 aliphatic carbocycles. The predicted molar refractivity (Wildman–Crippen MR) is 121 cm³/mol. The number of halogens is 3. The van der Waals surface area contributed by atoms with Crippen molar-refractivity contribution in [3.05, 3.63) is 54.4 Å². The molecule has 0 saturated carbocycles. The zero-order chi connectivity index (χ0) is 21.5. The first-order valence-corrected chi connectivity index (χ1v) is 10.4. The van der Waals surface area contributed by atoms with Gasteiger partial charge in [-0.25, -0.2) is 23.7 Å². The zero-order valence-corrected chi connectivity index (χ0v) is 18.6. The SMILES string of the molecule is CC(C)n1cc(-c2ccc(F)c(F)c2)nc1C1CCN(c2ncnc3[nH]ncc23)CC1.Cl. The molecule has 1 fully saturated rings. The second kappa shape index (κ2) is 8.82. The van der Waals surface area contributed by atoms with Gasteiger partial charge in [-0.1, -0.05) is 0 Å². The average molecular weight is 460 g/mol. The minimum atomic E-state index is -0.859. The van der Waals surface area contributed by atoms with E-state index in [-0.39, 0.29) is 24.4 Å². The standard InChI is InChI=1S/C22H23F2N7.ClH/c1-13(2)31-11-19(15-3-4-17(23)18(24)9-15)28-21(31)14-5-7-30(8-6-14)22-16-10-27-29-20(16)25-12-26-22;/h3-4,9-14H,5-8H2,1-2H3,(H,25,26,27,29);1H. The van der Waals surface area contributed by atoms with Crippen molar-refractivity contribution in [1.29, 1.82) is 0 Å². The monoisotopic (exact) mass is 459 g/mol. The van der Waals surface area contributed by atoms with Crippen LogP contribution in [0.2, 0.25) is 0 Å². The lowest BCUT2D eigenvalue weighted by molar-refractivity contribution is 0.448. The molecule has 1 aromatic carbocycles. The van der Waals surface area contributed by atoms with E-state index in [0.29, 0.717) is 11.3 Å². The van der Waals surface area contributed by atoms with E-state index in [1.807, 2.05) is 6.20 Å². The molecule has 0 amide bonds. The Morgan fingerprint density at radius 3 is 2.59 bits per heavy atom. The first-order valence-electron chi connectivity index (χ1n) is 10.4. The van der Waals surface area contributed by atoms with E-state index in [4.69, 9.17) is 4.98 Å². The van der Waals surface area contributed by atoms with Crippen molar-refractivity contribution >= 4 is 29.3 Å². The lowest BCUT2D eigenvalue weighted by Crippen LogP contribution is -2.34. The fourth-order valence-corrected chi connectivity index (χ4v) is 4.27. The van der Waals surface area contributed by atoms with Gasteiger partial charge in [0.05, 0.1) is 17.3 Å². The number of anilines is 1. The topological polar surface area (TPSA) is 75.5 Å². The maximum Gasteiger partial charge on any atom is 0.160 e. The summed E-state index contributed by atoms with van der Waals surface area (Å²) in [4.78, 5) is 15.8. The molecular formula is C22H24ClF2N7. The van der Waals surface area contributed by atoms with E-state index in [1.54, 1.807) is 18.6 Å². The van der Waals surface area contributed by atoms with Gasteiger partial charge in [-0.15, -0.1) is 12.4 Å². The minimum Gasteiger partial charge on any atom is -0.356 e. The zero-order valence-electron chi connectivity index (χ0n) is 17.8. The summed E-state index contributed by atoms with van der Waals surface area (Å²) in [5.41, 5.74) is 1.99. The van der Waals surface area contributed by atoms with Gasteiger partial charge < -0.3 is 9.47 Å². The molecule has 1 N–H and O–H groups in total. The van der Waals surface area contributed by atoms with Crippen LogP contribution < -0.4 is 4.90 Å². The molecule has 32 heavy (non-hydrogen) atoms. The van der Waals surface area contributed by atoms with E-state index >= 15 is 0 Å². The Labute approximate surface area is 190 Å². The van der Waals surface area contributed by atoms with Crippen LogP contribution in [0.3, 0.4) is 0 Å². The Hall–Kier alpha value is -3.07. The molecule has 4 aromatic rings. The predicted octanol–water partition coefficient (Wildman–Crippen LogP) is 4.88. The molecule has 0 atom stereocenters. The van der Waals surface area contributed by atoms with Gasteiger partial charge in [0.2, 0.25) is 0 Å². The number of H-pyrrole nitrogens is 1. The Bertz CT molecular complexity index is 1230. The van der Waals surface area contributed by atoms with Crippen molar-refractivity contribution in [2.45, 2.75) is 38.6 Å². The highest BCUT2D eigenvalue weighted by Gasteiger charge is 2.27. The highest BCUT2D eigenvalue weighted by Crippen LogP contribution is 2.34. The number of imidazole rings is 1. The molecule has 0 unspecified atom stereocenters. The highest BCUT2D eigenvalue weighted by atomic mass is 35.5. The Kier molecular flexibility index (Phi) is 6.10. The van der Waals surface area contributed by atoms with Gasteiger partial charge in [-0.2, -0.15) is 5.10 Å². The summed E-state index contributed by atoms with van der Waals surface area (Å²) >= 11 is 0. The summed E-state index contributed by atoms with van der Waals surface area (Å²) in [6, 6.07) is 4.14. The Morgan fingerprint density at radius 2 is 1.88 bits per heavy atom. The van der Waals surface area contributed by atoms with Crippen molar-refractivity contribution in [1.82, 2.24) is 29.7 Å². The number of piperidine rings is 1. The number of fused-ring (bicyclic) bond motifs is 1. The molecule has 4 heterocycles. The first kappa shape index (κ1) is 22.1. The van der Waals surface area contributed by atoms with E-state index in [0.717, 1.165) is 54.7 Å². The molecule has 7 nitrogen and oxygen atoms in total. The van der Waals surface area contributed by atoms with Crippen molar-refractivity contribution in [3.8, 4) is 11.3 Å². The molecule has 0 bridgehead atoms. The Morgan fingerprint density at radius 1 is 1.09 bits per heavy atom. The molecule has 1 saturated heterocycles. The molecule has 10 heteroatoms. The van der Waals surface area contributed by atoms with Crippen molar-refractivity contribution in [2.75, 3.05) is 18.0 Å². The van der Waals surface area contributed by atoms with Crippen molar-refractivity contribution < 1.29 is 8.78 Å². The molecule has 5 rings (SSSR count). The van der Waals surface area contributed by atoms with E-state index < -0.39 is 11.6 Å². The fourth-order valence-electron chi connectivity index (χ4n) is 4.27. The average Bonchev–Trinajstić information content (AvgIpc) is 3.43. The van der Waals surface area contributed by atoms with E-state index in [9.17, 15) is 8.78 Å². The second-order valence-electron chi connectivity index (χ2n) is 8.21. The molecule has 1 aliphatic rings. The van der Waals surface area contributed by atoms with Gasteiger partial charge in [0, 0.05) is 36.8 Å². The van der Waals surface area contributed by atoms with Crippen LogP contribution >= 0.6 is 12.4 Å². The molecule has 1 aliphatic heterocycles. The number of aromatic amines is 1. The third kappa shape index (κ3) is 3.92. The van der Waals surface area contributed by atoms with Crippen LogP contribution in [-0.4, -0.2) is 42.8 Å². The summed E-state index contributed by atoms with van der Waals surface area (Å²) in [7, 11) is 0. The lowest BCUT2D eigenvalue weighted by Gasteiger charge is -2.33. The smallest absolute Gasteiger partial charge is 0.160 e. The largest absolute Gasteiger partial charge is 0.356 e. The number of hydrogen-bond acceptors (Lipinski definition) is 5. The quantitative estimate of drug-likeness (QED) is 0.470. The minimum absolute atomic E-state index is 0. The summed E-state index contributed by atoms with van der Waals surface area (Å²) in [6.07, 6.45) is 7.10. The summed E-state index contributed by atoms with van der Waals surface area (Å²) < 4.78 is 29.2. The molecule has 0 radical (unpaired) electrons. The molecule has 3 aromatic heterocycles. The van der Waals surface area contributed by atoms with Crippen LogP contribution in [0.25, 0.3) is 22.3 Å². The van der Waals surface area contributed by atoms with E-state index in [1.165, 1.54) is 6.07 Å². The first-order chi connectivity index (χ1) is 15.0. The number of rotatable bonds is 4. The van der Waals surface area contributed by atoms with Gasteiger partial charge in [0.15, 0.2) is 17.3 Å². The summed E-state index contributed by atoms with van der Waals surface area (Å²) in [5, 5.41) is 7.89. The normalized spacial score (nSPS) is 14.8. The van der Waals surface area contributed by atoms with Gasteiger partial charge in [-0.3, -0.25) is 5.10 Å². The van der Waals surface area contributed by atoms with Gasteiger partial charge in [0.25, 0.3) is 0 Å². The van der Waals surface area contributed by atoms with Crippen molar-refractivity contribution in [3.63, 3.8) is 0 Å². The maximum atomic E-state index is 13.7. The van der Waals surface area contributed by atoms with Crippen LogP contribution in [0, 0.1) is 11.6 Å². The molecular weight excluding hydrogens is 436 g/mol. The third-order valence-corrected chi connectivity index (χ3v) is 5.92. The van der Waals surface area contributed by atoms with Crippen LogP contribution in [0.4, 0.5) is 14.6 Å². The molecule has 168 valence electrons. The van der Waals surface area contributed by atoms with Gasteiger partial charge in [-0.05, 0) is 44.9 Å². The van der Waals surface area contributed by atoms with Crippen LogP contribution in [0.15, 0.2) is 36.9 Å². The van der Waals surface area contributed by atoms with E-state index in [2.05, 4.69) is 43.5 Å². The van der Waals surface area contributed by atoms with Crippen molar-refractivity contribution in [2.24, 2.45) is 0 Å². The number of benzene rings is 1. The molecule has 0 spiro atoms. The fraction of sp³-hybridized carbons (Fsp3) is 0.364. The maximum absolute atomic E-state index is 13.7. The lowest BCUT2D eigenvalue weighted by atomic mass is 9.95. The highest BCUT2D eigenvalue weighted by molar-refractivity contribution is 5.86. The number of nitrogens with zero attached hydrogens (tertiary/aromatic N) is 6. The second-order valence-corrected chi connectivity index (χ2v) is 8.21. The number of hydrogen-bond donors (Lipinski definition) is 1. The van der Waals surface area contributed by atoms with Gasteiger partial charge >= 0.3 is 0 Å². The number of aromatic nitrogens is 6. The third-order valence-electron chi connectivity index (χ3n) is 5.92. The summed E-state index contributed by atoms with van der Waals surface area (Å²) in [6.45, 7) is 5.89. The van der Waals surface area contributed by atoms with Crippen LogP contribution in [-0.2, 0) is 0 Å². The Balaban J connectivity index is 0.00000245. The van der Waals surface area contributed by atoms with Crippen LogP contribution in [0.1, 0.15) is 44.5 Å². The number of nitrogens with one attached hydrogen (secondary N) is 1. The van der Waals surface area contributed by atoms with Gasteiger partial charge in [0.1, 0.15) is 18.0 Å².